The van der Waals surface area contributed by atoms with E-state index < -0.39 is 10.0 Å². The molecular weight excluding hydrogens is 476 g/mol. The minimum absolute atomic E-state index is 0.0547. The van der Waals surface area contributed by atoms with E-state index in [1.54, 1.807) is 47.4 Å². The van der Waals surface area contributed by atoms with E-state index in [1.165, 1.54) is 4.31 Å². The van der Waals surface area contributed by atoms with E-state index in [-0.39, 0.29) is 16.8 Å². The molecule has 0 radical (unpaired) electrons. The summed E-state index contributed by atoms with van der Waals surface area (Å²) in [6.07, 6.45) is 1.40. The molecule has 0 aromatic heterocycles. The largest absolute Gasteiger partial charge is 0.308 e. The zero-order valence-corrected chi connectivity index (χ0v) is 19.4. The van der Waals surface area contributed by atoms with Gasteiger partial charge >= 0.3 is 0 Å². The number of anilines is 2. The van der Waals surface area contributed by atoms with Crippen LogP contribution in [0.5, 0.6) is 0 Å². The first-order chi connectivity index (χ1) is 14.9. The first-order valence-corrected chi connectivity index (χ1v) is 12.4. The van der Waals surface area contributed by atoms with Crippen molar-refractivity contribution in [3.05, 3.63) is 87.9 Å². The SMILES string of the molecule is C[C@@H]1Cc2cc(C(=O)N3CCc4cc(Br)ccc43)ccc2N1S(=O)(=O)c1ccccc1. The molecule has 0 saturated heterocycles. The van der Waals surface area contributed by atoms with Gasteiger partial charge in [-0.1, -0.05) is 34.1 Å². The van der Waals surface area contributed by atoms with Crippen LogP contribution in [0, 0.1) is 0 Å². The van der Waals surface area contributed by atoms with Gasteiger partial charge in [-0.25, -0.2) is 8.42 Å². The highest BCUT2D eigenvalue weighted by Gasteiger charge is 2.37. The lowest BCUT2D eigenvalue weighted by Gasteiger charge is -2.24. The molecule has 31 heavy (non-hydrogen) atoms. The molecular formula is C24H21BrN2O3S. The van der Waals surface area contributed by atoms with Crippen molar-refractivity contribution in [3.8, 4) is 0 Å². The molecule has 3 aromatic rings. The Kier molecular flexibility index (Phi) is 4.90. The van der Waals surface area contributed by atoms with Crippen molar-refractivity contribution in [1.82, 2.24) is 0 Å². The Morgan fingerprint density at radius 1 is 0.968 bits per heavy atom. The number of rotatable bonds is 3. The first-order valence-electron chi connectivity index (χ1n) is 10.2. The van der Waals surface area contributed by atoms with Crippen molar-refractivity contribution in [2.75, 3.05) is 15.7 Å². The standard InChI is InChI=1S/C24H21BrN2O3S/c1-16-13-19-14-18(24(28)26-12-11-17-15-20(25)8-10-22(17)26)7-9-23(19)27(16)31(29,30)21-5-3-2-4-6-21/h2-10,14-16H,11-13H2,1H3/t16-/m1/s1. The van der Waals surface area contributed by atoms with E-state index in [1.807, 2.05) is 25.1 Å². The molecule has 0 fully saturated rings. The van der Waals surface area contributed by atoms with Gasteiger partial charge < -0.3 is 4.90 Å². The summed E-state index contributed by atoms with van der Waals surface area (Å²) in [7, 11) is -3.66. The fourth-order valence-corrected chi connectivity index (χ4v) is 6.67. The van der Waals surface area contributed by atoms with Crippen molar-refractivity contribution in [2.45, 2.75) is 30.7 Å². The van der Waals surface area contributed by atoms with Gasteiger partial charge in [0, 0.05) is 28.3 Å². The first kappa shape index (κ1) is 20.3. The number of amides is 1. The van der Waals surface area contributed by atoms with E-state index in [0.29, 0.717) is 24.2 Å². The minimum atomic E-state index is -3.66. The molecule has 0 saturated carbocycles. The molecule has 2 aliphatic heterocycles. The fraction of sp³-hybridized carbons (Fsp3) is 0.208. The number of sulfonamides is 1. The average Bonchev–Trinajstić information content (AvgIpc) is 3.33. The highest BCUT2D eigenvalue weighted by Crippen LogP contribution is 2.38. The number of carbonyl (C=O) groups is 1. The highest BCUT2D eigenvalue weighted by molar-refractivity contribution is 9.10. The topological polar surface area (TPSA) is 57.7 Å². The molecule has 1 amide bonds. The molecule has 2 aliphatic rings. The van der Waals surface area contributed by atoms with Crippen LogP contribution in [0.25, 0.3) is 0 Å². The summed E-state index contributed by atoms with van der Waals surface area (Å²) in [5, 5.41) is 0. The third kappa shape index (κ3) is 3.36. The Morgan fingerprint density at radius 2 is 1.71 bits per heavy atom. The van der Waals surface area contributed by atoms with Crippen LogP contribution in [0.4, 0.5) is 11.4 Å². The molecule has 0 spiro atoms. The average molecular weight is 497 g/mol. The Hall–Kier alpha value is -2.64. The number of nitrogens with zero attached hydrogens (tertiary/aromatic N) is 2. The minimum Gasteiger partial charge on any atom is -0.308 e. The molecule has 1 atom stereocenters. The summed E-state index contributed by atoms with van der Waals surface area (Å²) in [6.45, 7) is 2.54. The van der Waals surface area contributed by atoms with Gasteiger partial charge in [0.05, 0.1) is 10.6 Å². The Morgan fingerprint density at radius 3 is 2.48 bits per heavy atom. The third-order valence-corrected chi connectivity index (χ3v) is 8.40. The summed E-state index contributed by atoms with van der Waals surface area (Å²) in [6, 6.07) is 19.6. The van der Waals surface area contributed by atoms with Crippen molar-refractivity contribution in [2.24, 2.45) is 0 Å². The predicted molar refractivity (Wildman–Crippen MR) is 125 cm³/mol. The second-order valence-corrected chi connectivity index (χ2v) is 10.7. The summed E-state index contributed by atoms with van der Waals surface area (Å²) < 4.78 is 29.0. The van der Waals surface area contributed by atoms with E-state index >= 15 is 0 Å². The number of benzene rings is 3. The van der Waals surface area contributed by atoms with E-state index in [4.69, 9.17) is 0 Å². The molecule has 0 aliphatic carbocycles. The van der Waals surface area contributed by atoms with E-state index in [9.17, 15) is 13.2 Å². The molecule has 5 rings (SSSR count). The zero-order chi connectivity index (χ0) is 21.8. The highest BCUT2D eigenvalue weighted by atomic mass is 79.9. The van der Waals surface area contributed by atoms with Crippen molar-refractivity contribution < 1.29 is 13.2 Å². The van der Waals surface area contributed by atoms with Crippen LogP contribution in [0.3, 0.4) is 0 Å². The van der Waals surface area contributed by atoms with Gasteiger partial charge in [0.25, 0.3) is 15.9 Å². The Labute approximate surface area is 190 Å². The van der Waals surface area contributed by atoms with Gasteiger partial charge in [0.2, 0.25) is 0 Å². The van der Waals surface area contributed by atoms with Crippen LogP contribution in [0.2, 0.25) is 0 Å². The summed E-state index contributed by atoms with van der Waals surface area (Å²) in [5.41, 5.74) is 4.21. The molecule has 5 nitrogen and oxygen atoms in total. The number of hydrogen-bond acceptors (Lipinski definition) is 3. The maximum absolute atomic E-state index is 13.3. The lowest BCUT2D eigenvalue weighted by Crippen LogP contribution is -2.35. The van der Waals surface area contributed by atoms with Crippen molar-refractivity contribution in [3.63, 3.8) is 0 Å². The number of fused-ring (bicyclic) bond motifs is 2. The Balaban J connectivity index is 1.48. The van der Waals surface area contributed by atoms with Crippen LogP contribution < -0.4 is 9.21 Å². The van der Waals surface area contributed by atoms with Gasteiger partial charge in [-0.2, -0.15) is 0 Å². The van der Waals surface area contributed by atoms with Crippen LogP contribution >= 0.6 is 15.9 Å². The Bertz CT molecular complexity index is 1290. The normalized spacial score (nSPS) is 17.5. The van der Waals surface area contributed by atoms with Crippen LogP contribution in [-0.2, 0) is 22.9 Å². The maximum Gasteiger partial charge on any atom is 0.264 e. The summed E-state index contributed by atoms with van der Waals surface area (Å²) >= 11 is 3.49. The van der Waals surface area contributed by atoms with Crippen molar-refractivity contribution >= 4 is 43.2 Å². The molecule has 0 N–H and O–H groups in total. The predicted octanol–water partition coefficient (Wildman–Crippen LogP) is 4.79. The summed E-state index contributed by atoms with van der Waals surface area (Å²) in [4.78, 5) is 15.3. The van der Waals surface area contributed by atoms with E-state index in [2.05, 4.69) is 22.0 Å². The molecule has 2 heterocycles. The summed E-state index contributed by atoms with van der Waals surface area (Å²) in [5.74, 6) is -0.0547. The van der Waals surface area contributed by atoms with Crippen molar-refractivity contribution in [1.29, 1.82) is 0 Å². The smallest absolute Gasteiger partial charge is 0.264 e. The lowest BCUT2D eigenvalue weighted by molar-refractivity contribution is 0.0989. The fourth-order valence-electron chi connectivity index (χ4n) is 4.55. The molecule has 3 aromatic carbocycles. The van der Waals surface area contributed by atoms with E-state index in [0.717, 1.165) is 27.7 Å². The van der Waals surface area contributed by atoms with Gasteiger partial charge in [-0.05, 0) is 79.4 Å². The maximum atomic E-state index is 13.3. The molecule has 158 valence electrons. The van der Waals surface area contributed by atoms with Crippen LogP contribution in [0.1, 0.15) is 28.4 Å². The van der Waals surface area contributed by atoms with Gasteiger partial charge in [-0.3, -0.25) is 9.10 Å². The molecule has 7 heteroatoms. The molecule has 0 bridgehead atoms. The van der Waals surface area contributed by atoms with Crippen LogP contribution in [0.15, 0.2) is 76.1 Å². The number of hydrogen-bond donors (Lipinski definition) is 0. The monoisotopic (exact) mass is 496 g/mol. The number of halogens is 1. The van der Waals surface area contributed by atoms with Gasteiger partial charge in [0.1, 0.15) is 0 Å². The van der Waals surface area contributed by atoms with Gasteiger partial charge in [-0.15, -0.1) is 0 Å². The third-order valence-electron chi connectivity index (χ3n) is 5.96. The molecule has 0 unspecified atom stereocenters. The lowest BCUT2D eigenvalue weighted by atomic mass is 10.1. The quantitative estimate of drug-likeness (QED) is 0.523. The second kappa shape index (κ2) is 7.50. The second-order valence-electron chi connectivity index (χ2n) is 7.99. The van der Waals surface area contributed by atoms with Gasteiger partial charge in [0.15, 0.2) is 0 Å². The zero-order valence-electron chi connectivity index (χ0n) is 17.0. The number of carbonyl (C=O) groups excluding carboxylic acids is 1. The van der Waals surface area contributed by atoms with Crippen LogP contribution in [-0.4, -0.2) is 26.9 Å².